The Bertz CT molecular complexity index is 786. The van der Waals surface area contributed by atoms with Gasteiger partial charge in [0, 0.05) is 16.3 Å². The van der Waals surface area contributed by atoms with Gasteiger partial charge in [-0.3, -0.25) is 4.79 Å². The summed E-state index contributed by atoms with van der Waals surface area (Å²) in [6, 6.07) is 11.4. The van der Waals surface area contributed by atoms with E-state index in [2.05, 4.69) is 6.92 Å². The molecule has 0 aliphatic heterocycles. The first-order valence-corrected chi connectivity index (χ1v) is 7.30. The fourth-order valence-corrected chi connectivity index (χ4v) is 2.70. The number of hydrogen-bond acceptors (Lipinski definition) is 3. The van der Waals surface area contributed by atoms with Gasteiger partial charge in [0.15, 0.2) is 17.6 Å². The van der Waals surface area contributed by atoms with Crippen molar-refractivity contribution in [3.8, 4) is 5.75 Å². The van der Waals surface area contributed by atoms with Gasteiger partial charge in [-0.1, -0.05) is 31.5 Å². The molecule has 1 aromatic heterocycles. The molecule has 1 unspecified atom stereocenters. The van der Waals surface area contributed by atoms with Gasteiger partial charge in [0.2, 0.25) is 0 Å². The zero-order valence-electron chi connectivity index (χ0n) is 12.3. The molecule has 3 nitrogen and oxygen atoms in total. The van der Waals surface area contributed by atoms with Crippen molar-refractivity contribution in [2.75, 3.05) is 0 Å². The van der Waals surface area contributed by atoms with Crippen LogP contribution in [-0.4, -0.2) is 12.4 Å². The number of fused-ring (bicyclic) bond motifs is 3. The Kier molecular flexibility index (Phi) is 3.65. The third kappa shape index (κ3) is 2.40. The van der Waals surface area contributed by atoms with Gasteiger partial charge < -0.3 is 9.15 Å². The molecule has 108 valence electrons. The monoisotopic (exact) mass is 282 g/mol. The van der Waals surface area contributed by atoms with Crippen LogP contribution in [0.5, 0.6) is 5.75 Å². The van der Waals surface area contributed by atoms with Crippen LogP contribution < -0.4 is 4.74 Å². The van der Waals surface area contributed by atoms with Crippen LogP contribution in [0, 0.1) is 0 Å². The van der Waals surface area contributed by atoms with Crippen LogP contribution in [0.25, 0.3) is 21.9 Å². The predicted molar refractivity (Wildman–Crippen MR) is 84.1 cm³/mol. The zero-order chi connectivity index (χ0) is 14.8. The normalized spacial score (nSPS) is 12.7. The van der Waals surface area contributed by atoms with Crippen LogP contribution in [0.15, 0.2) is 40.8 Å². The Balaban J connectivity index is 2.20. The molecule has 3 aromatic rings. The van der Waals surface area contributed by atoms with Crippen molar-refractivity contribution in [2.45, 2.75) is 32.8 Å². The van der Waals surface area contributed by atoms with Gasteiger partial charge in [-0.25, -0.2) is 0 Å². The molecule has 0 N–H and O–H groups in total. The molecule has 21 heavy (non-hydrogen) atoms. The molecule has 0 saturated heterocycles. The summed E-state index contributed by atoms with van der Waals surface area (Å²) in [5.74, 6) is 0.702. The smallest absolute Gasteiger partial charge is 0.177 e. The highest BCUT2D eigenvalue weighted by molar-refractivity contribution is 6.13. The second kappa shape index (κ2) is 5.60. The Morgan fingerprint density at radius 2 is 2.05 bits per heavy atom. The molecule has 1 atom stereocenters. The highest BCUT2D eigenvalue weighted by Crippen LogP contribution is 2.37. The van der Waals surface area contributed by atoms with Crippen molar-refractivity contribution < 1.29 is 13.9 Å². The van der Waals surface area contributed by atoms with Crippen molar-refractivity contribution in [1.29, 1.82) is 0 Å². The van der Waals surface area contributed by atoms with E-state index in [0.717, 1.165) is 35.5 Å². The molecule has 1 heterocycles. The van der Waals surface area contributed by atoms with Gasteiger partial charge in [0.1, 0.15) is 5.58 Å². The minimum Gasteiger partial charge on any atom is -0.487 e. The average Bonchev–Trinajstić information content (AvgIpc) is 2.88. The number of aldehydes is 1. The average molecular weight is 282 g/mol. The van der Waals surface area contributed by atoms with Gasteiger partial charge in [-0.05, 0) is 31.5 Å². The predicted octanol–water partition coefficient (Wildman–Crippen LogP) is 4.97. The number of carbonyl (C=O) groups excluding carboxylic acids is 1. The Hall–Kier alpha value is -2.29. The topological polar surface area (TPSA) is 39.4 Å². The molecule has 0 bridgehead atoms. The van der Waals surface area contributed by atoms with Crippen molar-refractivity contribution in [3.05, 3.63) is 42.0 Å². The number of benzene rings is 2. The number of para-hydroxylation sites is 1. The molecule has 3 rings (SSSR count). The van der Waals surface area contributed by atoms with Crippen LogP contribution >= 0.6 is 0 Å². The summed E-state index contributed by atoms with van der Waals surface area (Å²) in [5.41, 5.74) is 2.06. The fourth-order valence-electron chi connectivity index (χ4n) is 2.70. The van der Waals surface area contributed by atoms with Gasteiger partial charge in [-0.2, -0.15) is 0 Å². The summed E-state index contributed by atoms with van der Waals surface area (Å²) in [4.78, 5) is 11.3. The first-order valence-electron chi connectivity index (χ1n) is 7.30. The van der Waals surface area contributed by atoms with E-state index in [4.69, 9.17) is 9.15 Å². The van der Waals surface area contributed by atoms with Crippen LogP contribution in [0.2, 0.25) is 0 Å². The van der Waals surface area contributed by atoms with E-state index in [1.54, 1.807) is 6.07 Å². The summed E-state index contributed by atoms with van der Waals surface area (Å²) in [6.07, 6.45) is 3.03. The second-order valence-electron chi connectivity index (χ2n) is 5.29. The summed E-state index contributed by atoms with van der Waals surface area (Å²) in [6.45, 7) is 4.18. The van der Waals surface area contributed by atoms with Gasteiger partial charge in [0.05, 0.1) is 6.10 Å². The minimum absolute atomic E-state index is 0.119. The van der Waals surface area contributed by atoms with E-state index in [1.165, 1.54) is 0 Å². The highest BCUT2D eigenvalue weighted by atomic mass is 16.5. The highest BCUT2D eigenvalue weighted by Gasteiger charge is 2.16. The standard InChI is InChI=1S/C18H18O3/c1-3-6-12(2)20-16-10-9-13(11-19)17-14-7-4-5-8-15(14)21-18(16)17/h4-5,7-12H,3,6H2,1-2H3. The Labute approximate surface area is 123 Å². The maximum Gasteiger partial charge on any atom is 0.177 e. The largest absolute Gasteiger partial charge is 0.487 e. The lowest BCUT2D eigenvalue weighted by Crippen LogP contribution is -2.11. The third-order valence-corrected chi connectivity index (χ3v) is 3.67. The number of furan rings is 1. The summed E-state index contributed by atoms with van der Waals surface area (Å²) >= 11 is 0. The summed E-state index contributed by atoms with van der Waals surface area (Å²) < 4.78 is 11.9. The van der Waals surface area contributed by atoms with E-state index in [0.29, 0.717) is 16.9 Å². The minimum atomic E-state index is 0.119. The Morgan fingerprint density at radius 3 is 2.81 bits per heavy atom. The zero-order valence-corrected chi connectivity index (χ0v) is 12.3. The van der Waals surface area contributed by atoms with E-state index in [1.807, 2.05) is 37.3 Å². The third-order valence-electron chi connectivity index (χ3n) is 3.67. The van der Waals surface area contributed by atoms with Crippen molar-refractivity contribution >= 4 is 28.2 Å². The number of carbonyl (C=O) groups is 1. The van der Waals surface area contributed by atoms with Crippen LogP contribution in [0.4, 0.5) is 0 Å². The van der Waals surface area contributed by atoms with Gasteiger partial charge in [-0.15, -0.1) is 0 Å². The number of rotatable bonds is 5. The molecule has 0 saturated carbocycles. The van der Waals surface area contributed by atoms with Gasteiger partial charge in [0.25, 0.3) is 0 Å². The maximum absolute atomic E-state index is 11.3. The van der Waals surface area contributed by atoms with Crippen molar-refractivity contribution in [2.24, 2.45) is 0 Å². The number of ether oxygens (including phenoxy) is 1. The summed E-state index contributed by atoms with van der Waals surface area (Å²) in [7, 11) is 0. The molecule has 0 spiro atoms. The lowest BCUT2D eigenvalue weighted by atomic mass is 10.1. The molecule has 0 radical (unpaired) electrons. The molecular weight excluding hydrogens is 264 g/mol. The Morgan fingerprint density at radius 1 is 1.24 bits per heavy atom. The number of hydrogen-bond donors (Lipinski definition) is 0. The molecule has 0 aliphatic rings. The van der Waals surface area contributed by atoms with E-state index in [-0.39, 0.29) is 6.10 Å². The quantitative estimate of drug-likeness (QED) is 0.620. The lowest BCUT2D eigenvalue weighted by Gasteiger charge is -2.14. The van der Waals surface area contributed by atoms with Crippen molar-refractivity contribution in [3.63, 3.8) is 0 Å². The molecule has 0 fully saturated rings. The summed E-state index contributed by atoms with van der Waals surface area (Å²) in [5, 5.41) is 1.78. The van der Waals surface area contributed by atoms with E-state index in [9.17, 15) is 4.79 Å². The lowest BCUT2D eigenvalue weighted by molar-refractivity contribution is 0.112. The molecule has 2 aromatic carbocycles. The van der Waals surface area contributed by atoms with E-state index < -0.39 is 0 Å². The molecular formula is C18H18O3. The van der Waals surface area contributed by atoms with Crippen LogP contribution in [-0.2, 0) is 0 Å². The SMILES string of the molecule is CCCC(C)Oc1ccc(C=O)c2c1oc1ccccc12. The van der Waals surface area contributed by atoms with Crippen LogP contribution in [0.1, 0.15) is 37.0 Å². The van der Waals surface area contributed by atoms with Crippen LogP contribution in [0.3, 0.4) is 0 Å². The van der Waals surface area contributed by atoms with Gasteiger partial charge >= 0.3 is 0 Å². The fraction of sp³-hybridized carbons (Fsp3) is 0.278. The molecule has 0 aliphatic carbocycles. The maximum atomic E-state index is 11.3. The molecule has 0 amide bonds. The second-order valence-corrected chi connectivity index (χ2v) is 5.29. The van der Waals surface area contributed by atoms with E-state index >= 15 is 0 Å². The first kappa shape index (κ1) is 13.7. The van der Waals surface area contributed by atoms with Crippen molar-refractivity contribution in [1.82, 2.24) is 0 Å². The first-order chi connectivity index (χ1) is 10.2. The molecule has 3 heteroatoms.